The second-order valence-corrected chi connectivity index (χ2v) is 4.94. The van der Waals surface area contributed by atoms with Crippen molar-refractivity contribution in [3.8, 4) is 5.75 Å². The topological polar surface area (TPSA) is 26.3 Å². The molecule has 0 atom stereocenters. The van der Waals surface area contributed by atoms with Gasteiger partial charge in [0.1, 0.15) is 5.75 Å². The van der Waals surface area contributed by atoms with E-state index in [9.17, 15) is 4.79 Å². The van der Waals surface area contributed by atoms with Gasteiger partial charge in [-0.1, -0.05) is 30.3 Å². The maximum Gasteiger partial charge on any atom is 0.163 e. The Morgan fingerprint density at radius 2 is 1.85 bits per heavy atom. The first-order chi connectivity index (χ1) is 9.70. The predicted molar refractivity (Wildman–Crippen MR) is 81.4 cm³/mol. The Hall–Kier alpha value is -2.09. The van der Waals surface area contributed by atoms with Crippen LogP contribution in [-0.2, 0) is 6.42 Å². The molecule has 0 radical (unpaired) electrons. The maximum atomic E-state index is 12.2. The molecule has 0 amide bonds. The lowest BCUT2D eigenvalue weighted by atomic mass is 9.99. The summed E-state index contributed by atoms with van der Waals surface area (Å²) < 4.78 is 5.16. The number of benzene rings is 2. The quantitative estimate of drug-likeness (QED) is 0.734. The Morgan fingerprint density at radius 1 is 1.10 bits per heavy atom. The number of Topliss-reactive ketones (excluding diaryl/α,β-unsaturated/α-hetero) is 1. The Morgan fingerprint density at radius 3 is 2.50 bits per heavy atom. The second kappa shape index (κ2) is 6.90. The molecule has 0 bridgehead atoms. The number of methoxy groups -OCH3 is 1. The van der Waals surface area contributed by atoms with E-state index < -0.39 is 0 Å². The van der Waals surface area contributed by atoms with Crippen LogP contribution in [0.15, 0.2) is 48.5 Å². The van der Waals surface area contributed by atoms with E-state index in [1.807, 2.05) is 43.3 Å². The van der Waals surface area contributed by atoms with E-state index in [1.54, 1.807) is 7.11 Å². The third kappa shape index (κ3) is 3.70. The van der Waals surface area contributed by atoms with E-state index in [1.165, 1.54) is 5.56 Å². The fourth-order valence-corrected chi connectivity index (χ4v) is 2.31. The minimum Gasteiger partial charge on any atom is -0.497 e. The van der Waals surface area contributed by atoms with Crippen molar-refractivity contribution in [1.29, 1.82) is 0 Å². The van der Waals surface area contributed by atoms with E-state index in [-0.39, 0.29) is 5.78 Å². The van der Waals surface area contributed by atoms with Gasteiger partial charge in [-0.05, 0) is 49.1 Å². The van der Waals surface area contributed by atoms with E-state index in [2.05, 4.69) is 12.1 Å². The van der Waals surface area contributed by atoms with Gasteiger partial charge in [0.15, 0.2) is 5.78 Å². The summed E-state index contributed by atoms with van der Waals surface area (Å²) in [6, 6.07) is 15.9. The molecule has 0 aromatic heterocycles. The number of ether oxygens (including phenoxy) is 1. The van der Waals surface area contributed by atoms with Gasteiger partial charge in [0.2, 0.25) is 0 Å². The molecule has 0 unspecified atom stereocenters. The lowest BCUT2D eigenvalue weighted by Crippen LogP contribution is -2.02. The fraction of sp³-hybridized carbons (Fsp3) is 0.278. The molecule has 20 heavy (non-hydrogen) atoms. The van der Waals surface area contributed by atoms with Crippen molar-refractivity contribution in [1.82, 2.24) is 0 Å². The van der Waals surface area contributed by atoms with Gasteiger partial charge in [0.05, 0.1) is 7.11 Å². The highest BCUT2D eigenvalue weighted by Gasteiger charge is 2.09. The summed E-state index contributed by atoms with van der Waals surface area (Å²) in [7, 11) is 1.64. The molecule has 0 fully saturated rings. The molecule has 0 heterocycles. The molecule has 0 N–H and O–H groups in total. The number of ketones is 1. The molecule has 2 aromatic carbocycles. The number of rotatable bonds is 6. The molecule has 0 saturated carbocycles. The average Bonchev–Trinajstić information content (AvgIpc) is 2.48. The molecule has 2 aromatic rings. The maximum absolute atomic E-state index is 12.2. The fourth-order valence-electron chi connectivity index (χ4n) is 2.31. The van der Waals surface area contributed by atoms with Crippen molar-refractivity contribution >= 4 is 5.78 Å². The van der Waals surface area contributed by atoms with Gasteiger partial charge in [-0.3, -0.25) is 4.79 Å². The minimum absolute atomic E-state index is 0.209. The zero-order chi connectivity index (χ0) is 14.4. The van der Waals surface area contributed by atoms with Crippen molar-refractivity contribution in [2.45, 2.75) is 26.2 Å². The van der Waals surface area contributed by atoms with Crippen molar-refractivity contribution < 1.29 is 9.53 Å². The summed E-state index contributed by atoms with van der Waals surface area (Å²) in [6.07, 6.45) is 2.41. The number of carbonyl (C=O) groups excluding carboxylic acids is 1. The largest absolute Gasteiger partial charge is 0.497 e. The Bertz CT molecular complexity index is 573. The molecule has 2 nitrogen and oxygen atoms in total. The van der Waals surface area contributed by atoms with Gasteiger partial charge in [-0.25, -0.2) is 0 Å². The number of aryl methyl sites for hydroxylation is 2. The van der Waals surface area contributed by atoms with Crippen LogP contribution in [0.4, 0.5) is 0 Å². The van der Waals surface area contributed by atoms with Gasteiger partial charge >= 0.3 is 0 Å². The van der Waals surface area contributed by atoms with Crippen LogP contribution in [0.2, 0.25) is 0 Å². The molecule has 0 aliphatic rings. The van der Waals surface area contributed by atoms with Crippen LogP contribution in [0.25, 0.3) is 0 Å². The third-order valence-electron chi connectivity index (χ3n) is 3.45. The van der Waals surface area contributed by atoms with Crippen LogP contribution in [0, 0.1) is 6.92 Å². The molecular weight excluding hydrogens is 248 g/mol. The molecular formula is C18H20O2. The first-order valence-electron chi connectivity index (χ1n) is 6.92. The van der Waals surface area contributed by atoms with Gasteiger partial charge in [-0.15, -0.1) is 0 Å². The average molecular weight is 268 g/mol. The van der Waals surface area contributed by atoms with Gasteiger partial charge in [0, 0.05) is 12.0 Å². The lowest BCUT2D eigenvalue weighted by Gasteiger charge is -2.07. The van der Waals surface area contributed by atoms with Crippen LogP contribution >= 0.6 is 0 Å². The Balaban J connectivity index is 1.92. The van der Waals surface area contributed by atoms with Gasteiger partial charge in [-0.2, -0.15) is 0 Å². The van der Waals surface area contributed by atoms with Crippen molar-refractivity contribution in [2.24, 2.45) is 0 Å². The minimum atomic E-state index is 0.209. The molecule has 0 aliphatic heterocycles. The molecule has 0 aliphatic carbocycles. The summed E-state index contributed by atoms with van der Waals surface area (Å²) in [5.74, 6) is 1.00. The van der Waals surface area contributed by atoms with Gasteiger partial charge < -0.3 is 4.74 Å². The summed E-state index contributed by atoms with van der Waals surface area (Å²) in [6.45, 7) is 1.95. The predicted octanol–water partition coefficient (Wildman–Crippen LogP) is 4.21. The summed E-state index contributed by atoms with van der Waals surface area (Å²) in [4.78, 5) is 12.2. The van der Waals surface area contributed by atoms with E-state index in [0.29, 0.717) is 6.42 Å². The zero-order valence-electron chi connectivity index (χ0n) is 12.1. The van der Waals surface area contributed by atoms with Gasteiger partial charge in [0.25, 0.3) is 0 Å². The third-order valence-corrected chi connectivity index (χ3v) is 3.45. The highest BCUT2D eigenvalue weighted by Crippen LogP contribution is 2.19. The van der Waals surface area contributed by atoms with Crippen LogP contribution in [0.5, 0.6) is 5.75 Å². The monoisotopic (exact) mass is 268 g/mol. The first-order valence-corrected chi connectivity index (χ1v) is 6.92. The SMILES string of the molecule is COc1ccc(C(=O)CCCc2ccccc2)c(C)c1. The summed E-state index contributed by atoms with van der Waals surface area (Å²) >= 11 is 0. The van der Waals surface area contributed by atoms with Crippen LogP contribution < -0.4 is 4.74 Å². The zero-order valence-corrected chi connectivity index (χ0v) is 12.1. The van der Waals surface area contributed by atoms with Crippen molar-refractivity contribution in [3.63, 3.8) is 0 Å². The molecule has 0 spiro atoms. The number of hydrogen-bond donors (Lipinski definition) is 0. The molecule has 2 heteroatoms. The van der Waals surface area contributed by atoms with Crippen molar-refractivity contribution in [2.75, 3.05) is 7.11 Å². The van der Waals surface area contributed by atoms with E-state index >= 15 is 0 Å². The number of carbonyl (C=O) groups is 1. The van der Waals surface area contributed by atoms with Crippen LogP contribution in [-0.4, -0.2) is 12.9 Å². The van der Waals surface area contributed by atoms with Crippen LogP contribution in [0.1, 0.15) is 34.3 Å². The Kier molecular flexibility index (Phi) is 4.94. The first kappa shape index (κ1) is 14.3. The summed E-state index contributed by atoms with van der Waals surface area (Å²) in [5.41, 5.74) is 3.07. The van der Waals surface area contributed by atoms with Crippen molar-refractivity contribution in [3.05, 3.63) is 65.2 Å². The highest BCUT2D eigenvalue weighted by molar-refractivity contribution is 5.97. The summed E-state index contributed by atoms with van der Waals surface area (Å²) in [5, 5.41) is 0. The molecule has 104 valence electrons. The lowest BCUT2D eigenvalue weighted by molar-refractivity contribution is 0.0979. The number of hydrogen-bond acceptors (Lipinski definition) is 2. The molecule has 2 rings (SSSR count). The smallest absolute Gasteiger partial charge is 0.163 e. The molecule has 0 saturated heterocycles. The Labute approximate surface area is 120 Å². The normalized spacial score (nSPS) is 10.3. The standard InChI is InChI=1S/C18H20O2/c1-14-13-16(20-2)11-12-17(14)18(19)10-6-9-15-7-4-3-5-8-15/h3-5,7-8,11-13H,6,9-10H2,1-2H3. The highest BCUT2D eigenvalue weighted by atomic mass is 16.5. The van der Waals surface area contributed by atoms with E-state index in [4.69, 9.17) is 4.74 Å². The van der Waals surface area contributed by atoms with E-state index in [0.717, 1.165) is 29.7 Å². The second-order valence-electron chi connectivity index (χ2n) is 4.94. The van der Waals surface area contributed by atoms with Crippen LogP contribution in [0.3, 0.4) is 0 Å².